The molecule has 3 aromatic rings. The number of hydrogen-bond donors (Lipinski definition) is 1. The van der Waals surface area contributed by atoms with Gasteiger partial charge in [0, 0.05) is 55.7 Å². The average molecular weight is 473 g/mol. The molecule has 3 heterocycles. The van der Waals surface area contributed by atoms with E-state index in [0.717, 1.165) is 49.1 Å². The zero-order chi connectivity index (χ0) is 24.5. The van der Waals surface area contributed by atoms with Gasteiger partial charge in [0.15, 0.2) is 0 Å². The number of aromatic amines is 1. The molecule has 0 atom stereocenters. The number of halogens is 3. The number of fused-ring (bicyclic) bond motifs is 1. The number of imidazole rings is 1. The predicted molar refractivity (Wildman–Crippen MR) is 125 cm³/mol. The number of likely N-dealkylation sites (tertiary alicyclic amines) is 1. The predicted octanol–water partition coefficient (Wildman–Crippen LogP) is 4.94. The van der Waals surface area contributed by atoms with Crippen LogP contribution in [0.5, 0.6) is 0 Å². The van der Waals surface area contributed by atoms with Gasteiger partial charge in [-0.15, -0.1) is 0 Å². The Morgan fingerprint density at radius 3 is 2.62 bits per heavy atom. The smallest absolute Gasteiger partial charge is 0.346 e. The summed E-state index contributed by atoms with van der Waals surface area (Å²) in [6.07, 6.45) is -1.42. The first-order chi connectivity index (χ1) is 16.1. The van der Waals surface area contributed by atoms with E-state index in [-0.39, 0.29) is 12.5 Å². The Kier molecular flexibility index (Phi) is 7.01. The minimum absolute atomic E-state index is 0.0856. The summed E-state index contributed by atoms with van der Waals surface area (Å²) in [5.41, 5.74) is 4.76. The molecule has 1 aromatic carbocycles. The minimum atomic E-state index is -4.19. The molecule has 34 heavy (non-hydrogen) atoms. The van der Waals surface area contributed by atoms with Gasteiger partial charge in [-0.1, -0.05) is 6.07 Å². The SMILES string of the molecule is Cc1c(CN2CCC(n3cc(CN(C)C)nc3CCC(F)(F)F)CC2)ccc2[nH]c(C#N)cc12. The van der Waals surface area contributed by atoms with E-state index < -0.39 is 12.6 Å². The van der Waals surface area contributed by atoms with Gasteiger partial charge in [0.05, 0.1) is 12.1 Å². The van der Waals surface area contributed by atoms with E-state index in [2.05, 4.69) is 33.9 Å². The summed E-state index contributed by atoms with van der Waals surface area (Å²) >= 11 is 0. The van der Waals surface area contributed by atoms with Crippen molar-refractivity contribution in [3.05, 3.63) is 52.7 Å². The van der Waals surface area contributed by atoms with Crippen LogP contribution in [0, 0.1) is 18.3 Å². The van der Waals surface area contributed by atoms with E-state index in [0.29, 0.717) is 18.1 Å². The van der Waals surface area contributed by atoms with Crippen molar-refractivity contribution in [1.82, 2.24) is 24.3 Å². The zero-order valence-electron chi connectivity index (χ0n) is 19.9. The van der Waals surface area contributed by atoms with Gasteiger partial charge in [-0.25, -0.2) is 4.98 Å². The van der Waals surface area contributed by atoms with Crippen molar-refractivity contribution in [2.75, 3.05) is 27.2 Å². The molecule has 1 fully saturated rings. The van der Waals surface area contributed by atoms with Gasteiger partial charge in [-0.3, -0.25) is 4.90 Å². The van der Waals surface area contributed by atoms with Crippen LogP contribution < -0.4 is 0 Å². The summed E-state index contributed by atoms with van der Waals surface area (Å²) < 4.78 is 40.6. The first-order valence-corrected chi connectivity index (χ1v) is 11.6. The van der Waals surface area contributed by atoms with Gasteiger partial charge < -0.3 is 14.5 Å². The van der Waals surface area contributed by atoms with E-state index in [1.807, 2.05) is 41.9 Å². The number of rotatable bonds is 7. The molecule has 1 aliphatic rings. The van der Waals surface area contributed by atoms with Gasteiger partial charge >= 0.3 is 6.18 Å². The fourth-order valence-electron chi connectivity index (χ4n) is 4.86. The summed E-state index contributed by atoms with van der Waals surface area (Å²) in [6, 6.07) is 8.35. The summed E-state index contributed by atoms with van der Waals surface area (Å²) in [4.78, 5) is 12.0. The van der Waals surface area contributed by atoms with E-state index in [4.69, 9.17) is 5.26 Å². The summed E-state index contributed by atoms with van der Waals surface area (Å²) in [5.74, 6) is 0.537. The Labute approximate surface area is 198 Å². The van der Waals surface area contributed by atoms with Crippen molar-refractivity contribution < 1.29 is 13.2 Å². The normalized spacial score (nSPS) is 15.9. The molecule has 0 aliphatic carbocycles. The molecule has 182 valence electrons. The quantitative estimate of drug-likeness (QED) is 0.529. The van der Waals surface area contributed by atoms with Crippen LogP contribution in [0.4, 0.5) is 13.2 Å². The van der Waals surface area contributed by atoms with Crippen molar-refractivity contribution in [2.45, 2.75) is 57.9 Å². The number of benzene rings is 1. The number of nitrogens with zero attached hydrogens (tertiary/aromatic N) is 5. The molecular weight excluding hydrogens is 441 g/mol. The average Bonchev–Trinajstić information content (AvgIpc) is 3.38. The first-order valence-electron chi connectivity index (χ1n) is 11.6. The minimum Gasteiger partial charge on any atom is -0.346 e. The highest BCUT2D eigenvalue weighted by molar-refractivity contribution is 5.85. The van der Waals surface area contributed by atoms with E-state index in [1.54, 1.807) is 0 Å². The van der Waals surface area contributed by atoms with Crippen LogP contribution in [-0.4, -0.2) is 57.7 Å². The molecule has 9 heteroatoms. The maximum Gasteiger partial charge on any atom is 0.389 e. The van der Waals surface area contributed by atoms with Crippen LogP contribution in [0.2, 0.25) is 0 Å². The number of H-pyrrole nitrogens is 1. The van der Waals surface area contributed by atoms with Gasteiger partial charge in [0.2, 0.25) is 0 Å². The Balaban J connectivity index is 1.44. The summed E-state index contributed by atoms with van der Waals surface area (Å²) in [6.45, 7) is 5.26. The highest BCUT2D eigenvalue weighted by Gasteiger charge is 2.29. The van der Waals surface area contributed by atoms with Crippen LogP contribution in [0.25, 0.3) is 10.9 Å². The van der Waals surface area contributed by atoms with Crippen LogP contribution in [0.1, 0.15) is 53.6 Å². The fraction of sp³-hybridized carbons (Fsp3) is 0.520. The molecular formula is C25H31F3N6. The van der Waals surface area contributed by atoms with E-state index in [1.165, 1.54) is 11.1 Å². The highest BCUT2D eigenvalue weighted by atomic mass is 19.4. The van der Waals surface area contributed by atoms with Gasteiger partial charge in [-0.05, 0) is 57.1 Å². The van der Waals surface area contributed by atoms with Crippen molar-refractivity contribution in [1.29, 1.82) is 5.26 Å². The van der Waals surface area contributed by atoms with Crippen molar-refractivity contribution in [3.63, 3.8) is 0 Å². The lowest BCUT2D eigenvalue weighted by molar-refractivity contribution is -0.134. The maximum absolute atomic E-state index is 12.9. The standard InChI is InChI=1S/C25H31F3N6/c1-17-18(4-5-23-22(17)12-19(13-29)30-23)14-33-10-7-21(8-11-33)34-16-20(15-32(2)3)31-24(34)6-9-25(26,27)28/h4-5,12,16,21,30H,6-11,14-15H2,1-3H3. The lowest BCUT2D eigenvalue weighted by Gasteiger charge is -2.33. The third kappa shape index (κ3) is 5.62. The van der Waals surface area contributed by atoms with Gasteiger partial charge in [0.25, 0.3) is 0 Å². The number of hydrogen-bond acceptors (Lipinski definition) is 4. The summed E-state index contributed by atoms with van der Waals surface area (Å²) in [5, 5.41) is 10.2. The number of nitriles is 1. The first kappa shape index (κ1) is 24.3. The van der Waals surface area contributed by atoms with Crippen LogP contribution in [0.3, 0.4) is 0 Å². The molecule has 1 saturated heterocycles. The van der Waals surface area contributed by atoms with Crippen LogP contribution >= 0.6 is 0 Å². The van der Waals surface area contributed by atoms with E-state index >= 15 is 0 Å². The van der Waals surface area contributed by atoms with Crippen LogP contribution in [0.15, 0.2) is 24.4 Å². The molecule has 6 nitrogen and oxygen atoms in total. The number of aromatic nitrogens is 3. The maximum atomic E-state index is 12.9. The molecule has 4 rings (SSSR count). The van der Waals surface area contributed by atoms with Crippen molar-refractivity contribution in [2.24, 2.45) is 0 Å². The Hall–Kier alpha value is -2.83. The van der Waals surface area contributed by atoms with Crippen molar-refractivity contribution >= 4 is 10.9 Å². The molecule has 0 saturated carbocycles. The monoisotopic (exact) mass is 472 g/mol. The number of nitrogens with one attached hydrogen (secondary N) is 1. The lowest BCUT2D eigenvalue weighted by Crippen LogP contribution is -2.34. The lowest BCUT2D eigenvalue weighted by atomic mass is 10.0. The zero-order valence-corrected chi connectivity index (χ0v) is 19.9. The molecule has 1 aliphatic heterocycles. The molecule has 2 aromatic heterocycles. The largest absolute Gasteiger partial charge is 0.389 e. The third-order valence-electron chi connectivity index (χ3n) is 6.62. The Morgan fingerprint density at radius 2 is 1.97 bits per heavy atom. The molecule has 0 radical (unpaired) electrons. The molecule has 0 unspecified atom stereocenters. The fourth-order valence-corrected chi connectivity index (χ4v) is 4.86. The van der Waals surface area contributed by atoms with Gasteiger partial charge in [0.1, 0.15) is 17.6 Å². The Bertz CT molecular complexity index is 1180. The second-order valence-corrected chi connectivity index (χ2v) is 9.52. The highest BCUT2D eigenvalue weighted by Crippen LogP contribution is 2.30. The van der Waals surface area contributed by atoms with Crippen LogP contribution in [-0.2, 0) is 19.5 Å². The third-order valence-corrected chi connectivity index (χ3v) is 6.62. The number of piperidine rings is 1. The summed E-state index contributed by atoms with van der Waals surface area (Å²) in [7, 11) is 3.86. The van der Waals surface area contributed by atoms with E-state index in [9.17, 15) is 13.2 Å². The Morgan fingerprint density at radius 1 is 1.24 bits per heavy atom. The molecule has 0 bridgehead atoms. The molecule has 0 amide bonds. The molecule has 0 spiro atoms. The second kappa shape index (κ2) is 9.80. The number of aryl methyl sites for hydroxylation is 2. The van der Waals surface area contributed by atoms with Gasteiger partial charge in [-0.2, -0.15) is 18.4 Å². The van der Waals surface area contributed by atoms with Crippen molar-refractivity contribution in [3.8, 4) is 6.07 Å². The molecule has 1 N–H and O–H groups in total. The topological polar surface area (TPSA) is 63.9 Å². The number of alkyl halides is 3. The second-order valence-electron chi connectivity index (χ2n) is 9.52.